The number of carbonyl (C=O) groups is 1. The molecule has 1 rings (SSSR count). The monoisotopic (exact) mass is 233 g/mol. The Balaban J connectivity index is 2.07. The molecule has 70 valence electrons. The zero-order chi connectivity index (χ0) is 8.97. The van der Waals surface area contributed by atoms with Gasteiger partial charge in [-0.1, -0.05) is 15.9 Å². The number of nitrogens with one attached hydrogen (secondary N) is 1. The Hall–Kier alpha value is -0.0500. The standard InChI is InChI=1S/C9H16BrNO/c1-7(3-2-6-10)11-9(12)8-4-5-8/h7-8H,2-6H2,1H3,(H,11,12). The molecule has 0 aliphatic heterocycles. The molecule has 1 amide bonds. The third-order valence-electron chi connectivity index (χ3n) is 2.11. The van der Waals surface area contributed by atoms with Crippen molar-refractivity contribution < 1.29 is 4.79 Å². The Labute approximate surface area is 82.2 Å². The Kier molecular flexibility index (Phi) is 4.06. The second-order valence-corrected chi connectivity index (χ2v) is 4.31. The van der Waals surface area contributed by atoms with E-state index >= 15 is 0 Å². The van der Waals surface area contributed by atoms with Crippen molar-refractivity contribution in [1.82, 2.24) is 5.32 Å². The third kappa shape index (κ3) is 3.57. The number of halogens is 1. The van der Waals surface area contributed by atoms with Crippen LogP contribution in [0.1, 0.15) is 32.6 Å². The molecule has 0 saturated heterocycles. The van der Waals surface area contributed by atoms with Gasteiger partial charge in [0.25, 0.3) is 0 Å². The van der Waals surface area contributed by atoms with Crippen molar-refractivity contribution in [2.75, 3.05) is 5.33 Å². The number of rotatable bonds is 5. The predicted octanol–water partition coefficient (Wildman–Crippen LogP) is 2.08. The van der Waals surface area contributed by atoms with E-state index in [0.717, 1.165) is 31.0 Å². The topological polar surface area (TPSA) is 29.1 Å². The van der Waals surface area contributed by atoms with Gasteiger partial charge in [-0.3, -0.25) is 4.79 Å². The van der Waals surface area contributed by atoms with E-state index in [1.807, 2.05) is 0 Å². The Morgan fingerprint density at radius 1 is 1.67 bits per heavy atom. The van der Waals surface area contributed by atoms with E-state index in [9.17, 15) is 4.79 Å². The molecule has 0 radical (unpaired) electrons. The van der Waals surface area contributed by atoms with E-state index in [0.29, 0.717) is 12.0 Å². The van der Waals surface area contributed by atoms with Crippen LogP contribution in [0, 0.1) is 5.92 Å². The van der Waals surface area contributed by atoms with Crippen LogP contribution in [-0.4, -0.2) is 17.3 Å². The van der Waals surface area contributed by atoms with Crippen molar-refractivity contribution in [1.29, 1.82) is 0 Å². The van der Waals surface area contributed by atoms with Crippen LogP contribution in [0.25, 0.3) is 0 Å². The first-order valence-corrected chi connectivity index (χ1v) is 5.72. The first-order valence-electron chi connectivity index (χ1n) is 4.60. The quantitative estimate of drug-likeness (QED) is 0.725. The molecule has 1 fully saturated rings. The molecule has 0 spiro atoms. The second kappa shape index (κ2) is 4.85. The van der Waals surface area contributed by atoms with E-state index in [1.165, 1.54) is 0 Å². The molecule has 3 heteroatoms. The van der Waals surface area contributed by atoms with Crippen LogP contribution >= 0.6 is 15.9 Å². The smallest absolute Gasteiger partial charge is 0.223 e. The molecule has 1 aliphatic carbocycles. The maximum absolute atomic E-state index is 11.3. The highest BCUT2D eigenvalue weighted by atomic mass is 79.9. The summed E-state index contributed by atoms with van der Waals surface area (Å²) < 4.78 is 0. The highest BCUT2D eigenvalue weighted by molar-refractivity contribution is 9.09. The summed E-state index contributed by atoms with van der Waals surface area (Å²) in [4.78, 5) is 11.3. The van der Waals surface area contributed by atoms with Gasteiger partial charge >= 0.3 is 0 Å². The summed E-state index contributed by atoms with van der Waals surface area (Å²) in [5, 5.41) is 4.04. The minimum atomic E-state index is 0.261. The molecule has 0 aromatic rings. The van der Waals surface area contributed by atoms with Gasteiger partial charge in [0, 0.05) is 17.3 Å². The summed E-state index contributed by atoms with van der Waals surface area (Å²) in [6.07, 6.45) is 4.39. The molecule has 1 saturated carbocycles. The number of carbonyl (C=O) groups excluding carboxylic acids is 1. The molecular formula is C9H16BrNO. The third-order valence-corrected chi connectivity index (χ3v) is 2.67. The maximum atomic E-state index is 11.3. The number of alkyl halides is 1. The Morgan fingerprint density at radius 3 is 2.83 bits per heavy atom. The minimum absolute atomic E-state index is 0.261. The summed E-state index contributed by atoms with van der Waals surface area (Å²) in [6, 6.07) is 0.343. The lowest BCUT2D eigenvalue weighted by molar-refractivity contribution is -0.122. The normalized spacial score (nSPS) is 18.8. The van der Waals surface area contributed by atoms with E-state index < -0.39 is 0 Å². The summed E-state index contributed by atoms with van der Waals surface area (Å²) in [6.45, 7) is 2.07. The molecule has 0 heterocycles. The van der Waals surface area contributed by atoms with E-state index in [1.54, 1.807) is 0 Å². The van der Waals surface area contributed by atoms with Crippen molar-refractivity contribution in [2.24, 2.45) is 5.92 Å². The molecule has 1 N–H and O–H groups in total. The molecule has 0 bridgehead atoms. The molecule has 0 aromatic heterocycles. The molecule has 0 aromatic carbocycles. The zero-order valence-electron chi connectivity index (χ0n) is 7.48. The predicted molar refractivity (Wildman–Crippen MR) is 53.4 cm³/mol. The van der Waals surface area contributed by atoms with Crippen molar-refractivity contribution in [3.63, 3.8) is 0 Å². The average Bonchev–Trinajstić information content (AvgIpc) is 2.82. The Bertz CT molecular complexity index is 157. The SMILES string of the molecule is CC(CCCBr)NC(=O)C1CC1. The average molecular weight is 234 g/mol. The van der Waals surface area contributed by atoms with Crippen LogP contribution in [0.4, 0.5) is 0 Å². The van der Waals surface area contributed by atoms with Crippen LogP contribution in [-0.2, 0) is 4.79 Å². The Morgan fingerprint density at radius 2 is 2.33 bits per heavy atom. The lowest BCUT2D eigenvalue weighted by Crippen LogP contribution is -2.33. The fraction of sp³-hybridized carbons (Fsp3) is 0.889. The first kappa shape index (κ1) is 10.0. The minimum Gasteiger partial charge on any atom is -0.353 e. The van der Waals surface area contributed by atoms with Crippen LogP contribution in [0.2, 0.25) is 0 Å². The molecular weight excluding hydrogens is 218 g/mol. The van der Waals surface area contributed by atoms with Gasteiger partial charge in [0.15, 0.2) is 0 Å². The van der Waals surface area contributed by atoms with E-state index in [-0.39, 0.29) is 5.91 Å². The van der Waals surface area contributed by atoms with Gasteiger partial charge in [0.05, 0.1) is 0 Å². The van der Waals surface area contributed by atoms with Crippen LogP contribution in [0.15, 0.2) is 0 Å². The molecule has 2 nitrogen and oxygen atoms in total. The maximum Gasteiger partial charge on any atom is 0.223 e. The second-order valence-electron chi connectivity index (χ2n) is 3.52. The van der Waals surface area contributed by atoms with Gasteiger partial charge in [0.1, 0.15) is 0 Å². The van der Waals surface area contributed by atoms with Crippen LogP contribution in [0.3, 0.4) is 0 Å². The summed E-state index contributed by atoms with van der Waals surface area (Å²) in [7, 11) is 0. The van der Waals surface area contributed by atoms with Crippen molar-refractivity contribution >= 4 is 21.8 Å². The van der Waals surface area contributed by atoms with Gasteiger partial charge in [-0.05, 0) is 32.6 Å². The zero-order valence-corrected chi connectivity index (χ0v) is 9.06. The van der Waals surface area contributed by atoms with Crippen molar-refractivity contribution in [3.8, 4) is 0 Å². The molecule has 1 aliphatic rings. The lowest BCUT2D eigenvalue weighted by Gasteiger charge is -2.12. The first-order chi connectivity index (χ1) is 5.74. The van der Waals surface area contributed by atoms with Crippen LogP contribution in [0.5, 0.6) is 0 Å². The summed E-state index contributed by atoms with van der Waals surface area (Å²) in [5.41, 5.74) is 0. The highest BCUT2D eigenvalue weighted by Gasteiger charge is 2.29. The molecule has 1 unspecified atom stereocenters. The van der Waals surface area contributed by atoms with Gasteiger partial charge in [-0.15, -0.1) is 0 Å². The summed E-state index contributed by atoms with van der Waals surface area (Å²) >= 11 is 3.37. The van der Waals surface area contributed by atoms with Gasteiger partial charge < -0.3 is 5.32 Å². The van der Waals surface area contributed by atoms with Gasteiger partial charge in [-0.2, -0.15) is 0 Å². The highest BCUT2D eigenvalue weighted by Crippen LogP contribution is 2.28. The van der Waals surface area contributed by atoms with Crippen molar-refractivity contribution in [3.05, 3.63) is 0 Å². The largest absolute Gasteiger partial charge is 0.353 e. The molecule has 1 atom stereocenters. The number of amides is 1. The number of hydrogen-bond acceptors (Lipinski definition) is 1. The summed E-state index contributed by atoms with van der Waals surface area (Å²) in [5.74, 6) is 0.605. The lowest BCUT2D eigenvalue weighted by atomic mass is 10.2. The fourth-order valence-electron chi connectivity index (χ4n) is 1.16. The number of hydrogen-bond donors (Lipinski definition) is 1. The van der Waals surface area contributed by atoms with Crippen LogP contribution < -0.4 is 5.32 Å². The van der Waals surface area contributed by atoms with E-state index in [4.69, 9.17) is 0 Å². The van der Waals surface area contributed by atoms with Gasteiger partial charge in [-0.25, -0.2) is 0 Å². The molecule has 12 heavy (non-hydrogen) atoms. The van der Waals surface area contributed by atoms with E-state index in [2.05, 4.69) is 28.2 Å². The van der Waals surface area contributed by atoms with Crippen molar-refractivity contribution in [2.45, 2.75) is 38.6 Å². The fourth-order valence-corrected chi connectivity index (χ4v) is 1.49. The van der Waals surface area contributed by atoms with Gasteiger partial charge in [0.2, 0.25) is 5.91 Å².